The minimum atomic E-state index is -1.24. The maximum absolute atomic E-state index is 11.2. The normalized spacial score (nSPS) is 10.3. The monoisotopic (exact) mass is 245 g/mol. The third kappa shape index (κ3) is 1.98. The molecule has 2 aromatic rings. The Balaban J connectivity index is 2.79. The lowest BCUT2D eigenvalue weighted by Crippen LogP contribution is -2.08. The summed E-state index contributed by atoms with van der Waals surface area (Å²) in [6, 6.07) is 8.30. The number of carbonyl (C=O) groups excluding carboxylic acids is 1. The highest BCUT2D eigenvalue weighted by atomic mass is 16.4. The van der Waals surface area contributed by atoms with Gasteiger partial charge in [0.1, 0.15) is 5.56 Å². The number of anilines is 1. The van der Waals surface area contributed by atoms with E-state index in [0.29, 0.717) is 10.8 Å². The van der Waals surface area contributed by atoms with Gasteiger partial charge in [0.15, 0.2) is 5.75 Å². The first-order valence-electron chi connectivity index (χ1n) is 5.26. The maximum atomic E-state index is 11.2. The van der Waals surface area contributed by atoms with Crippen molar-refractivity contribution in [2.45, 2.75) is 6.92 Å². The van der Waals surface area contributed by atoms with Gasteiger partial charge in [-0.05, 0) is 11.5 Å². The molecule has 5 heteroatoms. The second-order valence-corrected chi connectivity index (χ2v) is 3.86. The van der Waals surface area contributed by atoms with Gasteiger partial charge in [0.2, 0.25) is 5.91 Å². The molecule has 2 rings (SSSR count). The number of aromatic hydroxyl groups is 1. The van der Waals surface area contributed by atoms with Crippen molar-refractivity contribution in [3.8, 4) is 5.75 Å². The largest absolute Gasteiger partial charge is 0.505 e. The zero-order valence-electron chi connectivity index (χ0n) is 9.60. The molecule has 18 heavy (non-hydrogen) atoms. The van der Waals surface area contributed by atoms with E-state index in [2.05, 4.69) is 5.32 Å². The van der Waals surface area contributed by atoms with Gasteiger partial charge in [0.05, 0.1) is 5.69 Å². The zero-order valence-corrected chi connectivity index (χ0v) is 9.60. The number of hydrogen-bond donors (Lipinski definition) is 3. The van der Waals surface area contributed by atoms with Gasteiger partial charge in [0.25, 0.3) is 0 Å². The van der Waals surface area contributed by atoms with Crippen LogP contribution in [0.4, 0.5) is 5.69 Å². The average Bonchev–Trinajstić information content (AvgIpc) is 2.29. The standard InChI is InChI=1S/C13H11NO4/c1-7(15)14-10-6-8-4-2-3-5-9(8)11(12(10)16)13(17)18/h2-6,16H,1H3,(H,14,15)(H,17,18). The van der Waals surface area contributed by atoms with E-state index in [9.17, 15) is 14.7 Å². The van der Waals surface area contributed by atoms with Crippen molar-refractivity contribution >= 4 is 28.3 Å². The van der Waals surface area contributed by atoms with Gasteiger partial charge in [-0.1, -0.05) is 24.3 Å². The van der Waals surface area contributed by atoms with E-state index in [1.165, 1.54) is 6.92 Å². The van der Waals surface area contributed by atoms with Gasteiger partial charge in [-0.25, -0.2) is 4.79 Å². The molecular weight excluding hydrogens is 234 g/mol. The van der Waals surface area contributed by atoms with E-state index in [0.717, 1.165) is 0 Å². The van der Waals surface area contributed by atoms with Gasteiger partial charge in [-0.2, -0.15) is 0 Å². The third-order valence-corrected chi connectivity index (χ3v) is 2.55. The van der Waals surface area contributed by atoms with Crippen LogP contribution in [0.25, 0.3) is 10.8 Å². The minimum Gasteiger partial charge on any atom is -0.505 e. The molecule has 0 fully saturated rings. The lowest BCUT2D eigenvalue weighted by Gasteiger charge is -2.11. The van der Waals surface area contributed by atoms with Crippen LogP contribution in [0, 0.1) is 0 Å². The van der Waals surface area contributed by atoms with Crippen molar-refractivity contribution in [1.82, 2.24) is 0 Å². The van der Waals surface area contributed by atoms with Crippen molar-refractivity contribution in [1.29, 1.82) is 0 Å². The SMILES string of the molecule is CC(=O)Nc1cc2ccccc2c(C(=O)O)c1O. The molecule has 92 valence electrons. The molecule has 0 aromatic heterocycles. The highest BCUT2D eigenvalue weighted by Crippen LogP contribution is 2.34. The molecule has 0 heterocycles. The van der Waals surface area contributed by atoms with Crippen LogP contribution in [0.2, 0.25) is 0 Å². The summed E-state index contributed by atoms with van der Waals surface area (Å²) >= 11 is 0. The van der Waals surface area contributed by atoms with Crippen LogP contribution in [0.5, 0.6) is 5.75 Å². The average molecular weight is 245 g/mol. The Kier molecular flexibility index (Phi) is 2.89. The summed E-state index contributed by atoms with van der Waals surface area (Å²) < 4.78 is 0. The van der Waals surface area contributed by atoms with Crippen molar-refractivity contribution in [3.63, 3.8) is 0 Å². The highest BCUT2D eigenvalue weighted by molar-refractivity contribution is 6.10. The van der Waals surface area contributed by atoms with E-state index in [-0.39, 0.29) is 17.2 Å². The molecule has 0 aliphatic rings. The van der Waals surface area contributed by atoms with Crippen LogP contribution >= 0.6 is 0 Å². The van der Waals surface area contributed by atoms with E-state index < -0.39 is 11.7 Å². The molecule has 0 radical (unpaired) electrons. The van der Waals surface area contributed by atoms with E-state index in [1.807, 2.05) is 0 Å². The zero-order chi connectivity index (χ0) is 13.3. The van der Waals surface area contributed by atoms with Crippen LogP contribution in [0.3, 0.4) is 0 Å². The van der Waals surface area contributed by atoms with Gasteiger partial charge in [0, 0.05) is 12.3 Å². The summed E-state index contributed by atoms with van der Waals surface area (Å²) in [7, 11) is 0. The fourth-order valence-corrected chi connectivity index (χ4v) is 1.84. The summed E-state index contributed by atoms with van der Waals surface area (Å²) in [4.78, 5) is 22.2. The predicted molar refractivity (Wildman–Crippen MR) is 66.9 cm³/mol. The first-order valence-corrected chi connectivity index (χ1v) is 5.26. The van der Waals surface area contributed by atoms with Crippen molar-refractivity contribution < 1.29 is 19.8 Å². The minimum absolute atomic E-state index is 0.0959. The maximum Gasteiger partial charge on any atom is 0.340 e. The number of fused-ring (bicyclic) bond motifs is 1. The van der Waals surface area contributed by atoms with Crippen molar-refractivity contribution in [3.05, 3.63) is 35.9 Å². The lowest BCUT2D eigenvalue weighted by molar-refractivity contribution is -0.114. The fourth-order valence-electron chi connectivity index (χ4n) is 1.84. The third-order valence-electron chi connectivity index (χ3n) is 2.55. The van der Waals surface area contributed by atoms with Gasteiger partial charge < -0.3 is 15.5 Å². The molecule has 0 saturated carbocycles. The van der Waals surface area contributed by atoms with Gasteiger partial charge in [-0.3, -0.25) is 4.79 Å². The Morgan fingerprint density at radius 1 is 1.22 bits per heavy atom. The molecule has 0 bridgehead atoms. The molecular formula is C13H11NO4. The predicted octanol–water partition coefficient (Wildman–Crippen LogP) is 2.20. The smallest absolute Gasteiger partial charge is 0.340 e. The first-order chi connectivity index (χ1) is 8.50. The van der Waals surface area contributed by atoms with Crippen LogP contribution in [-0.2, 0) is 4.79 Å². The number of hydrogen-bond acceptors (Lipinski definition) is 3. The molecule has 3 N–H and O–H groups in total. The Hall–Kier alpha value is -2.56. The second kappa shape index (κ2) is 4.37. The van der Waals surface area contributed by atoms with Crippen LogP contribution in [0.15, 0.2) is 30.3 Å². The van der Waals surface area contributed by atoms with Gasteiger partial charge in [-0.15, -0.1) is 0 Å². The molecule has 0 atom stereocenters. The summed E-state index contributed by atoms with van der Waals surface area (Å²) in [6.07, 6.45) is 0. The summed E-state index contributed by atoms with van der Waals surface area (Å²) in [5.41, 5.74) is -0.115. The van der Waals surface area contributed by atoms with Gasteiger partial charge >= 0.3 is 5.97 Å². The van der Waals surface area contributed by atoms with E-state index in [1.54, 1.807) is 30.3 Å². The number of benzene rings is 2. The van der Waals surface area contributed by atoms with E-state index >= 15 is 0 Å². The molecule has 0 unspecified atom stereocenters. The lowest BCUT2D eigenvalue weighted by atomic mass is 10.0. The Morgan fingerprint density at radius 2 is 1.89 bits per heavy atom. The van der Waals surface area contributed by atoms with Crippen LogP contribution in [0.1, 0.15) is 17.3 Å². The van der Waals surface area contributed by atoms with E-state index in [4.69, 9.17) is 5.11 Å². The van der Waals surface area contributed by atoms with Crippen molar-refractivity contribution in [2.24, 2.45) is 0 Å². The number of phenols is 1. The number of carboxylic acids is 1. The number of carboxylic acid groups (broad SMARTS) is 1. The Morgan fingerprint density at radius 3 is 2.50 bits per heavy atom. The molecule has 0 saturated heterocycles. The Bertz CT molecular complexity index is 649. The summed E-state index contributed by atoms with van der Waals surface area (Å²) in [5, 5.41) is 22.5. The van der Waals surface area contributed by atoms with Crippen LogP contribution < -0.4 is 5.32 Å². The molecule has 2 aromatic carbocycles. The molecule has 0 aliphatic carbocycles. The number of aromatic carboxylic acids is 1. The number of nitrogens with one attached hydrogen (secondary N) is 1. The number of rotatable bonds is 2. The number of carbonyl (C=O) groups is 2. The summed E-state index contributed by atoms with van der Waals surface area (Å²) in [6.45, 7) is 1.29. The quantitative estimate of drug-likeness (QED) is 0.708. The number of amides is 1. The Labute approximate surface area is 103 Å². The molecule has 0 spiro atoms. The highest BCUT2D eigenvalue weighted by Gasteiger charge is 2.18. The van der Waals surface area contributed by atoms with Crippen LogP contribution in [-0.4, -0.2) is 22.1 Å². The fraction of sp³-hybridized carbons (Fsp3) is 0.0769. The first kappa shape index (κ1) is 11.9. The topological polar surface area (TPSA) is 86.6 Å². The molecule has 0 aliphatic heterocycles. The van der Waals surface area contributed by atoms with Crippen molar-refractivity contribution in [2.75, 3.05) is 5.32 Å². The molecule has 1 amide bonds. The molecule has 5 nitrogen and oxygen atoms in total. The summed E-state index contributed by atoms with van der Waals surface area (Å²) in [5.74, 6) is -2.05. The second-order valence-electron chi connectivity index (χ2n) is 3.86.